The minimum Gasteiger partial charge on any atom is -0.494 e. The van der Waals surface area contributed by atoms with Gasteiger partial charge >= 0.3 is 0 Å². The molecule has 1 amide bonds. The second-order valence-corrected chi connectivity index (χ2v) is 7.52. The maximum absolute atomic E-state index is 13.2. The van der Waals surface area contributed by atoms with E-state index >= 15 is 0 Å². The van der Waals surface area contributed by atoms with Crippen LogP contribution in [0.5, 0.6) is 11.5 Å². The first-order valence-electron chi connectivity index (χ1n) is 9.71. The molecule has 0 aliphatic carbocycles. The van der Waals surface area contributed by atoms with Crippen molar-refractivity contribution in [1.82, 2.24) is 5.32 Å². The first-order chi connectivity index (χ1) is 15.4. The van der Waals surface area contributed by atoms with Crippen molar-refractivity contribution < 1.29 is 23.1 Å². The fourth-order valence-corrected chi connectivity index (χ4v) is 3.51. The Morgan fingerprint density at radius 1 is 1.12 bits per heavy atom. The monoisotopic (exact) mass is 472 g/mol. The van der Waals surface area contributed by atoms with E-state index in [0.717, 1.165) is 0 Å². The zero-order valence-corrected chi connectivity index (χ0v) is 18.5. The first-order valence-corrected chi connectivity index (χ1v) is 10.5. The number of nitrogens with one attached hydrogen (secondary N) is 1. The fourth-order valence-electron chi connectivity index (χ4n) is 3.04. The molecule has 0 unspecified atom stereocenters. The van der Waals surface area contributed by atoms with Gasteiger partial charge in [-0.2, -0.15) is 0 Å². The molecule has 0 atom stereocenters. The topological polar surface area (TPSA) is 63.9 Å². The summed E-state index contributed by atoms with van der Waals surface area (Å²) < 4.78 is 29.9. The normalized spacial score (nSPS) is 14.7. The van der Waals surface area contributed by atoms with Crippen LogP contribution in [-0.2, 0) is 11.4 Å². The molecule has 3 aromatic rings. The summed E-state index contributed by atoms with van der Waals surface area (Å²) in [6.07, 6.45) is 1.57. The third-order valence-corrected chi connectivity index (χ3v) is 5.10. The van der Waals surface area contributed by atoms with E-state index in [4.69, 9.17) is 37.7 Å². The lowest BCUT2D eigenvalue weighted by atomic mass is 10.2. The number of thiocarbonyl (C=S) groups is 1. The molecule has 0 radical (unpaired) electrons. The molecule has 1 aromatic heterocycles. The van der Waals surface area contributed by atoms with Gasteiger partial charge in [0, 0.05) is 12.1 Å². The molecule has 1 aliphatic rings. The first kappa shape index (κ1) is 21.9. The molecule has 4 rings (SSSR count). The number of rotatable bonds is 7. The molecule has 0 saturated carbocycles. The molecule has 6 nitrogen and oxygen atoms in total. The van der Waals surface area contributed by atoms with Gasteiger partial charge in [0.05, 0.1) is 17.3 Å². The van der Waals surface area contributed by atoms with Gasteiger partial charge in [0.25, 0.3) is 5.91 Å². The molecule has 2 heterocycles. The third kappa shape index (κ3) is 4.76. The molecule has 1 fully saturated rings. The van der Waals surface area contributed by atoms with Crippen LogP contribution in [0.3, 0.4) is 0 Å². The van der Waals surface area contributed by atoms with Crippen molar-refractivity contribution in [2.45, 2.75) is 13.5 Å². The van der Waals surface area contributed by atoms with Gasteiger partial charge in [-0.15, -0.1) is 0 Å². The van der Waals surface area contributed by atoms with Crippen LogP contribution >= 0.6 is 23.8 Å². The second kappa shape index (κ2) is 9.42. The third-order valence-electron chi connectivity index (χ3n) is 4.53. The summed E-state index contributed by atoms with van der Waals surface area (Å²) in [7, 11) is 0. The number of carbonyl (C=O) groups excluding carboxylic acids is 1. The van der Waals surface area contributed by atoms with Crippen molar-refractivity contribution in [1.29, 1.82) is 0 Å². The molecular formula is C23H18ClFN2O4S. The average molecular weight is 473 g/mol. The Balaban J connectivity index is 1.44. The van der Waals surface area contributed by atoms with Crippen molar-refractivity contribution in [3.63, 3.8) is 0 Å². The van der Waals surface area contributed by atoms with E-state index in [2.05, 4.69) is 5.32 Å². The van der Waals surface area contributed by atoms with E-state index in [1.54, 1.807) is 42.5 Å². The van der Waals surface area contributed by atoms with Crippen LogP contribution in [0.15, 0.2) is 64.7 Å². The zero-order valence-electron chi connectivity index (χ0n) is 16.9. The fraction of sp³-hybridized carbons (Fsp3) is 0.130. The number of ether oxygens (including phenoxy) is 2. The SMILES string of the molecule is CCOc1ccc(N2C(=O)/C(=C\c3ccc(COc4ccc(F)c(Cl)c4)o3)NC2=S)cc1. The van der Waals surface area contributed by atoms with Gasteiger partial charge in [-0.25, -0.2) is 4.39 Å². The quantitative estimate of drug-likeness (QED) is 0.371. The molecule has 1 saturated heterocycles. The predicted octanol–water partition coefficient (Wildman–Crippen LogP) is 5.31. The van der Waals surface area contributed by atoms with E-state index in [1.807, 2.05) is 6.92 Å². The highest BCUT2D eigenvalue weighted by atomic mass is 35.5. The number of hydrogen-bond donors (Lipinski definition) is 1. The van der Waals surface area contributed by atoms with Crippen LogP contribution < -0.4 is 19.7 Å². The molecule has 1 N–H and O–H groups in total. The summed E-state index contributed by atoms with van der Waals surface area (Å²) >= 11 is 11.1. The summed E-state index contributed by atoms with van der Waals surface area (Å²) in [5.41, 5.74) is 0.918. The Kier molecular flexibility index (Phi) is 6.43. The highest BCUT2D eigenvalue weighted by Gasteiger charge is 2.32. The van der Waals surface area contributed by atoms with E-state index in [1.165, 1.54) is 23.1 Å². The summed E-state index contributed by atoms with van der Waals surface area (Å²) in [5.74, 6) is 1.29. The molecule has 32 heavy (non-hydrogen) atoms. The summed E-state index contributed by atoms with van der Waals surface area (Å²) in [6, 6.07) is 14.6. The Labute approximate surface area is 194 Å². The molecule has 0 spiro atoms. The van der Waals surface area contributed by atoms with Gasteiger partial charge < -0.3 is 19.2 Å². The number of anilines is 1. The lowest BCUT2D eigenvalue weighted by Gasteiger charge is -2.14. The molecule has 9 heteroatoms. The molecule has 2 aromatic carbocycles. The lowest BCUT2D eigenvalue weighted by molar-refractivity contribution is -0.113. The zero-order chi connectivity index (χ0) is 22.7. The van der Waals surface area contributed by atoms with E-state index in [0.29, 0.717) is 35.3 Å². The Morgan fingerprint density at radius 3 is 2.59 bits per heavy atom. The van der Waals surface area contributed by atoms with Crippen LogP contribution in [0, 0.1) is 5.82 Å². The van der Waals surface area contributed by atoms with Gasteiger partial charge in [0.2, 0.25) is 0 Å². The number of benzene rings is 2. The minimum atomic E-state index is -0.517. The maximum atomic E-state index is 13.2. The van der Waals surface area contributed by atoms with Crippen molar-refractivity contribution in [2.75, 3.05) is 11.5 Å². The molecular weight excluding hydrogens is 455 g/mol. The number of nitrogens with zero attached hydrogens (tertiary/aromatic N) is 1. The highest BCUT2D eigenvalue weighted by Crippen LogP contribution is 2.26. The molecule has 0 bridgehead atoms. The number of halogens is 2. The lowest BCUT2D eigenvalue weighted by Crippen LogP contribution is -2.30. The smallest absolute Gasteiger partial charge is 0.281 e. The van der Waals surface area contributed by atoms with Crippen molar-refractivity contribution in [3.8, 4) is 11.5 Å². The van der Waals surface area contributed by atoms with Crippen molar-refractivity contribution in [2.24, 2.45) is 0 Å². The number of carbonyl (C=O) groups is 1. The predicted molar refractivity (Wildman–Crippen MR) is 123 cm³/mol. The van der Waals surface area contributed by atoms with Gasteiger partial charge in [0.15, 0.2) is 5.11 Å². The van der Waals surface area contributed by atoms with Gasteiger partial charge in [-0.3, -0.25) is 9.69 Å². The van der Waals surface area contributed by atoms with Crippen LogP contribution in [0.1, 0.15) is 18.4 Å². The van der Waals surface area contributed by atoms with Crippen molar-refractivity contribution >= 4 is 46.6 Å². The van der Waals surface area contributed by atoms with Gasteiger partial charge in [-0.1, -0.05) is 11.6 Å². The number of amides is 1. The number of furan rings is 1. The van der Waals surface area contributed by atoms with E-state index in [-0.39, 0.29) is 28.3 Å². The van der Waals surface area contributed by atoms with Crippen LogP contribution in [-0.4, -0.2) is 17.6 Å². The van der Waals surface area contributed by atoms with Crippen molar-refractivity contribution in [3.05, 3.63) is 82.7 Å². The Morgan fingerprint density at radius 2 is 1.88 bits per heavy atom. The highest BCUT2D eigenvalue weighted by molar-refractivity contribution is 7.80. The van der Waals surface area contributed by atoms with Crippen LogP contribution in [0.2, 0.25) is 5.02 Å². The number of hydrogen-bond acceptors (Lipinski definition) is 5. The summed E-state index contributed by atoms with van der Waals surface area (Å²) in [5, 5.41) is 3.17. The van der Waals surface area contributed by atoms with Gasteiger partial charge in [-0.05, 0) is 67.7 Å². The Bertz CT molecular complexity index is 1190. The van der Waals surface area contributed by atoms with Crippen LogP contribution in [0.25, 0.3) is 6.08 Å². The second-order valence-electron chi connectivity index (χ2n) is 6.72. The van der Waals surface area contributed by atoms with Gasteiger partial charge in [0.1, 0.15) is 41.1 Å². The van der Waals surface area contributed by atoms with E-state index in [9.17, 15) is 9.18 Å². The molecule has 1 aliphatic heterocycles. The largest absolute Gasteiger partial charge is 0.494 e. The Hall–Kier alpha value is -3.36. The van der Waals surface area contributed by atoms with E-state index < -0.39 is 5.82 Å². The molecule has 164 valence electrons. The maximum Gasteiger partial charge on any atom is 0.281 e. The summed E-state index contributed by atoms with van der Waals surface area (Å²) in [4.78, 5) is 14.3. The average Bonchev–Trinajstić information content (AvgIpc) is 3.34. The summed E-state index contributed by atoms with van der Waals surface area (Å²) in [6.45, 7) is 2.57. The standard InChI is InChI=1S/C23H18ClFN2O4S/c1-2-29-15-5-3-14(4-6-15)27-22(28)21(26-23(27)32)12-17-7-8-18(31-17)13-30-16-9-10-20(25)19(24)11-16/h3-12H,2,13H2,1H3,(H,26,32)/b21-12+. The minimum absolute atomic E-state index is 0.0220. The van der Waals surface area contributed by atoms with Crippen LogP contribution in [0.4, 0.5) is 10.1 Å².